The molecule has 3 rings (SSSR count). The van der Waals surface area contributed by atoms with Gasteiger partial charge in [-0.25, -0.2) is 14.8 Å². The van der Waals surface area contributed by atoms with Gasteiger partial charge in [0.2, 0.25) is 5.89 Å². The molecule has 1 N–H and O–H groups in total. The number of esters is 1. The van der Waals surface area contributed by atoms with Gasteiger partial charge in [0.25, 0.3) is 0 Å². The molecule has 0 bridgehead atoms. The number of carbonyl (C=O) groups excluding carboxylic acids is 1. The summed E-state index contributed by atoms with van der Waals surface area (Å²) >= 11 is 0. The number of rotatable bonds is 11. The molecule has 31 heavy (non-hydrogen) atoms. The zero-order chi connectivity index (χ0) is 22.1. The first-order valence-electron chi connectivity index (χ1n) is 9.69. The second kappa shape index (κ2) is 10.7. The summed E-state index contributed by atoms with van der Waals surface area (Å²) in [6, 6.07) is 9.86. The number of benzene rings is 1. The Kier molecular flexibility index (Phi) is 7.52. The fraction of sp³-hybridized carbons (Fsp3) is 0.286. The molecule has 0 aliphatic carbocycles. The molecule has 0 atom stereocenters. The van der Waals surface area contributed by atoms with Crippen LogP contribution >= 0.6 is 0 Å². The number of unbranched alkanes of at least 4 members (excludes halogenated alkanes) is 2. The lowest BCUT2D eigenvalue weighted by Gasteiger charge is -2.08. The smallest absolute Gasteiger partial charge is 0.360 e. The Labute approximate surface area is 178 Å². The summed E-state index contributed by atoms with van der Waals surface area (Å²) in [5, 5.41) is 14.2. The van der Waals surface area contributed by atoms with Crippen LogP contribution in [0.25, 0.3) is 11.5 Å². The van der Waals surface area contributed by atoms with Crippen molar-refractivity contribution in [2.75, 3.05) is 25.6 Å². The van der Waals surface area contributed by atoms with Crippen molar-refractivity contribution >= 4 is 17.5 Å². The minimum atomic E-state index is -0.562. The molecule has 0 amide bonds. The predicted octanol–water partition coefficient (Wildman–Crippen LogP) is 4.09. The second-order valence-corrected chi connectivity index (χ2v) is 6.52. The number of pyridine rings is 1. The fourth-order valence-corrected chi connectivity index (χ4v) is 2.80. The molecule has 0 radical (unpaired) electrons. The Morgan fingerprint density at radius 3 is 2.87 bits per heavy atom. The quantitative estimate of drug-likeness (QED) is 0.208. The van der Waals surface area contributed by atoms with Crippen LogP contribution in [0.2, 0.25) is 0 Å². The first-order valence-corrected chi connectivity index (χ1v) is 9.69. The average Bonchev–Trinajstić information content (AvgIpc) is 3.29. The lowest BCUT2D eigenvalue weighted by atomic mass is 10.2. The molecule has 2 aromatic heterocycles. The fourth-order valence-electron chi connectivity index (χ4n) is 2.80. The number of nitro groups is 1. The van der Waals surface area contributed by atoms with Gasteiger partial charge in [0.1, 0.15) is 12.1 Å². The monoisotopic (exact) mass is 426 g/mol. The highest BCUT2D eigenvalue weighted by atomic mass is 16.6. The molecule has 162 valence electrons. The largest absolute Gasteiger partial charge is 0.487 e. The van der Waals surface area contributed by atoms with Crippen LogP contribution < -0.4 is 10.1 Å². The van der Waals surface area contributed by atoms with Crippen molar-refractivity contribution < 1.29 is 23.6 Å². The van der Waals surface area contributed by atoms with E-state index in [0.29, 0.717) is 30.4 Å². The van der Waals surface area contributed by atoms with Crippen LogP contribution in [0.4, 0.5) is 11.5 Å². The van der Waals surface area contributed by atoms with E-state index in [-0.39, 0.29) is 17.1 Å². The number of methoxy groups -OCH3 is 1. The summed E-state index contributed by atoms with van der Waals surface area (Å²) in [7, 11) is 1.28. The van der Waals surface area contributed by atoms with Gasteiger partial charge in [-0.15, -0.1) is 0 Å². The molecule has 0 saturated heterocycles. The summed E-state index contributed by atoms with van der Waals surface area (Å²) in [4.78, 5) is 30.4. The highest BCUT2D eigenvalue weighted by Crippen LogP contribution is 2.26. The molecule has 10 nitrogen and oxygen atoms in total. The summed E-state index contributed by atoms with van der Waals surface area (Å²) < 4.78 is 15.5. The van der Waals surface area contributed by atoms with Crippen LogP contribution in [0.15, 0.2) is 53.3 Å². The Bertz CT molecular complexity index is 1040. The van der Waals surface area contributed by atoms with Gasteiger partial charge in [0.05, 0.1) is 18.6 Å². The number of nitro benzene ring substituents is 1. The second-order valence-electron chi connectivity index (χ2n) is 6.52. The third kappa shape index (κ3) is 6.01. The number of anilines is 1. The molecule has 0 aliphatic heterocycles. The summed E-state index contributed by atoms with van der Waals surface area (Å²) in [5.41, 5.74) is 0.761. The number of hydrogen-bond acceptors (Lipinski definition) is 9. The molecule has 10 heteroatoms. The lowest BCUT2D eigenvalue weighted by molar-refractivity contribution is -0.385. The molecular weight excluding hydrogens is 404 g/mol. The molecule has 0 aliphatic rings. The average molecular weight is 426 g/mol. The molecule has 2 heterocycles. The zero-order valence-corrected chi connectivity index (χ0v) is 16.9. The number of ether oxygens (including phenoxy) is 2. The highest BCUT2D eigenvalue weighted by Gasteiger charge is 2.14. The Balaban J connectivity index is 1.40. The van der Waals surface area contributed by atoms with Gasteiger partial charge in [-0.05, 0) is 37.5 Å². The lowest BCUT2D eigenvalue weighted by Crippen LogP contribution is -2.05. The number of nitrogens with one attached hydrogen (secondary N) is 1. The number of oxazole rings is 1. The maximum atomic E-state index is 11.5. The minimum absolute atomic E-state index is 0.0279. The Morgan fingerprint density at radius 1 is 1.23 bits per heavy atom. The van der Waals surface area contributed by atoms with Gasteiger partial charge < -0.3 is 19.2 Å². The van der Waals surface area contributed by atoms with E-state index < -0.39 is 10.9 Å². The summed E-state index contributed by atoms with van der Waals surface area (Å²) in [6.07, 6.45) is 5.40. The highest BCUT2D eigenvalue weighted by molar-refractivity contribution is 5.87. The standard InChI is InChI=1S/C21H22N4O6/c1-29-21(26)16-14-31-20(24-16)15-9-11-23-19(13-15)22-10-5-2-6-12-30-18-8-4-3-7-17(18)25(27)28/h3-4,7-9,11,13-14H,2,5-6,10,12H2,1H3,(H,22,23). The van der Waals surface area contributed by atoms with Crippen molar-refractivity contribution in [1.82, 2.24) is 9.97 Å². The van der Waals surface area contributed by atoms with Gasteiger partial charge in [0.15, 0.2) is 11.4 Å². The van der Waals surface area contributed by atoms with Crippen molar-refractivity contribution in [3.05, 3.63) is 64.7 Å². The SMILES string of the molecule is COC(=O)c1coc(-c2ccnc(NCCCCCOc3ccccc3[N+](=O)[O-])c2)n1. The zero-order valence-electron chi connectivity index (χ0n) is 16.9. The van der Waals surface area contributed by atoms with E-state index in [1.165, 1.54) is 19.4 Å². The van der Waals surface area contributed by atoms with E-state index in [4.69, 9.17) is 9.15 Å². The van der Waals surface area contributed by atoms with E-state index in [9.17, 15) is 14.9 Å². The molecule has 3 aromatic rings. The topological polar surface area (TPSA) is 130 Å². The van der Waals surface area contributed by atoms with Crippen molar-refractivity contribution in [2.24, 2.45) is 0 Å². The number of hydrogen-bond donors (Lipinski definition) is 1. The van der Waals surface area contributed by atoms with Crippen LogP contribution in [0.5, 0.6) is 5.75 Å². The Hall–Kier alpha value is -3.95. The Morgan fingerprint density at radius 2 is 2.06 bits per heavy atom. The van der Waals surface area contributed by atoms with Gasteiger partial charge in [-0.1, -0.05) is 12.1 Å². The minimum Gasteiger partial charge on any atom is -0.487 e. The summed E-state index contributed by atoms with van der Waals surface area (Å²) in [6.45, 7) is 1.10. The summed E-state index contributed by atoms with van der Waals surface area (Å²) in [5.74, 6) is 0.686. The van der Waals surface area contributed by atoms with Gasteiger partial charge in [-0.2, -0.15) is 0 Å². The molecule has 0 unspecified atom stereocenters. The first kappa shape index (κ1) is 21.8. The van der Waals surface area contributed by atoms with Crippen molar-refractivity contribution in [3.63, 3.8) is 0 Å². The third-order valence-corrected chi connectivity index (χ3v) is 4.35. The maximum absolute atomic E-state index is 11.5. The predicted molar refractivity (Wildman–Crippen MR) is 112 cm³/mol. The third-order valence-electron chi connectivity index (χ3n) is 4.35. The number of nitrogens with zero attached hydrogens (tertiary/aromatic N) is 3. The van der Waals surface area contributed by atoms with Crippen LogP contribution in [-0.4, -0.2) is 41.1 Å². The van der Waals surface area contributed by atoms with E-state index in [0.717, 1.165) is 19.3 Å². The molecule has 1 aromatic carbocycles. The van der Waals surface area contributed by atoms with E-state index in [2.05, 4.69) is 20.0 Å². The van der Waals surface area contributed by atoms with Crippen LogP contribution in [0, 0.1) is 10.1 Å². The normalized spacial score (nSPS) is 10.5. The van der Waals surface area contributed by atoms with E-state index >= 15 is 0 Å². The first-order chi connectivity index (χ1) is 15.1. The molecule has 0 spiro atoms. The molecule has 0 fully saturated rings. The van der Waals surface area contributed by atoms with Crippen molar-refractivity contribution in [3.8, 4) is 17.2 Å². The molecule has 0 saturated carbocycles. The number of carbonyl (C=O) groups is 1. The van der Waals surface area contributed by atoms with E-state index in [1.807, 2.05) is 0 Å². The van der Waals surface area contributed by atoms with Gasteiger partial charge in [-0.3, -0.25) is 10.1 Å². The van der Waals surface area contributed by atoms with Crippen LogP contribution in [-0.2, 0) is 4.74 Å². The van der Waals surface area contributed by atoms with Crippen molar-refractivity contribution in [2.45, 2.75) is 19.3 Å². The van der Waals surface area contributed by atoms with Crippen LogP contribution in [0.1, 0.15) is 29.8 Å². The van der Waals surface area contributed by atoms with Gasteiger partial charge in [0, 0.05) is 24.4 Å². The number of aromatic nitrogens is 2. The van der Waals surface area contributed by atoms with E-state index in [1.54, 1.807) is 36.5 Å². The van der Waals surface area contributed by atoms with Gasteiger partial charge >= 0.3 is 11.7 Å². The molecular formula is C21H22N4O6. The maximum Gasteiger partial charge on any atom is 0.360 e. The van der Waals surface area contributed by atoms with Crippen LogP contribution in [0.3, 0.4) is 0 Å². The van der Waals surface area contributed by atoms with Crippen molar-refractivity contribution in [1.29, 1.82) is 0 Å². The number of para-hydroxylation sites is 2.